The van der Waals surface area contributed by atoms with E-state index in [-0.39, 0.29) is 0 Å². The molecule has 1 saturated heterocycles. The van der Waals surface area contributed by atoms with E-state index in [0.717, 1.165) is 48.4 Å². The lowest BCUT2D eigenvalue weighted by Crippen LogP contribution is -2.44. The number of hydrogen-bond acceptors (Lipinski definition) is 7. The zero-order valence-electron chi connectivity index (χ0n) is 15.8. The van der Waals surface area contributed by atoms with Gasteiger partial charge in [0.05, 0.1) is 18.1 Å². The normalized spacial score (nSPS) is 15.5. The Labute approximate surface area is 159 Å². The van der Waals surface area contributed by atoms with E-state index in [9.17, 15) is 0 Å². The first kappa shape index (κ1) is 19.0. The molecule has 7 nitrogen and oxygen atoms in total. The summed E-state index contributed by atoms with van der Waals surface area (Å²) < 4.78 is 7.45. The van der Waals surface area contributed by atoms with Crippen molar-refractivity contribution in [2.75, 3.05) is 51.3 Å². The molecule has 1 aliphatic rings. The van der Waals surface area contributed by atoms with Crippen LogP contribution in [0.15, 0.2) is 28.5 Å². The van der Waals surface area contributed by atoms with Gasteiger partial charge in [-0.2, -0.15) is 5.10 Å². The second kappa shape index (κ2) is 8.75. The average Bonchev–Trinajstić information content (AvgIpc) is 2.99. The van der Waals surface area contributed by atoms with Crippen LogP contribution in [0.2, 0.25) is 0 Å². The maximum atomic E-state index is 5.70. The van der Waals surface area contributed by atoms with Gasteiger partial charge in [0, 0.05) is 39.8 Å². The Kier molecular flexibility index (Phi) is 6.39. The third kappa shape index (κ3) is 4.49. The number of likely N-dealkylation sites (N-methyl/N-ethyl adjacent to an activating group) is 1. The summed E-state index contributed by atoms with van der Waals surface area (Å²) in [5.41, 5.74) is 8.12. The Morgan fingerprint density at radius 2 is 2.00 bits per heavy atom. The SMILES string of the molecule is CCc1cc(Sc2nn(C)cc2OCCN)ncc1N1CCN(C)CC1. The minimum atomic E-state index is 0.481. The molecule has 0 spiro atoms. The predicted molar refractivity (Wildman–Crippen MR) is 105 cm³/mol. The molecule has 0 radical (unpaired) electrons. The first-order valence-electron chi connectivity index (χ1n) is 9.07. The molecule has 3 heterocycles. The fraction of sp³-hybridized carbons (Fsp3) is 0.556. The van der Waals surface area contributed by atoms with Gasteiger partial charge in [0.25, 0.3) is 0 Å². The molecule has 26 heavy (non-hydrogen) atoms. The fourth-order valence-electron chi connectivity index (χ4n) is 3.02. The van der Waals surface area contributed by atoms with E-state index < -0.39 is 0 Å². The van der Waals surface area contributed by atoms with E-state index in [1.807, 2.05) is 19.4 Å². The highest BCUT2D eigenvalue weighted by atomic mass is 32.2. The Morgan fingerprint density at radius 1 is 1.23 bits per heavy atom. The first-order chi connectivity index (χ1) is 12.6. The molecule has 0 aliphatic carbocycles. The highest BCUT2D eigenvalue weighted by molar-refractivity contribution is 7.99. The molecule has 0 bridgehead atoms. The summed E-state index contributed by atoms with van der Waals surface area (Å²) in [6.07, 6.45) is 4.86. The quantitative estimate of drug-likeness (QED) is 0.787. The van der Waals surface area contributed by atoms with Crippen molar-refractivity contribution in [2.24, 2.45) is 12.8 Å². The van der Waals surface area contributed by atoms with Gasteiger partial charge in [-0.25, -0.2) is 4.98 Å². The van der Waals surface area contributed by atoms with E-state index in [4.69, 9.17) is 10.5 Å². The van der Waals surface area contributed by atoms with E-state index in [1.54, 1.807) is 4.68 Å². The summed E-state index contributed by atoms with van der Waals surface area (Å²) in [7, 11) is 4.06. The molecule has 0 unspecified atom stereocenters. The second-order valence-corrected chi connectivity index (χ2v) is 7.52. The third-order valence-electron chi connectivity index (χ3n) is 4.51. The molecule has 8 heteroatoms. The average molecular weight is 377 g/mol. The lowest BCUT2D eigenvalue weighted by molar-refractivity contribution is 0.312. The van der Waals surface area contributed by atoms with Gasteiger partial charge in [0.2, 0.25) is 0 Å². The van der Waals surface area contributed by atoms with Gasteiger partial charge in [0.15, 0.2) is 10.8 Å². The van der Waals surface area contributed by atoms with Crippen molar-refractivity contribution >= 4 is 17.4 Å². The number of pyridine rings is 1. The summed E-state index contributed by atoms with van der Waals surface area (Å²) in [5.74, 6) is 0.756. The largest absolute Gasteiger partial charge is 0.488 e. The minimum Gasteiger partial charge on any atom is -0.488 e. The van der Waals surface area contributed by atoms with Crippen LogP contribution in [0.4, 0.5) is 5.69 Å². The molecule has 0 saturated carbocycles. The molecule has 0 atom stereocenters. The van der Waals surface area contributed by atoms with Gasteiger partial charge in [-0.15, -0.1) is 0 Å². The van der Waals surface area contributed by atoms with Crippen LogP contribution in [0.5, 0.6) is 5.75 Å². The van der Waals surface area contributed by atoms with Gasteiger partial charge in [0.1, 0.15) is 11.6 Å². The molecule has 1 fully saturated rings. The smallest absolute Gasteiger partial charge is 0.171 e. The Balaban J connectivity index is 1.77. The van der Waals surface area contributed by atoms with Gasteiger partial charge in [-0.05, 0) is 36.9 Å². The fourth-order valence-corrected chi connectivity index (χ4v) is 3.91. The molecular weight excluding hydrogens is 348 g/mol. The Morgan fingerprint density at radius 3 is 2.69 bits per heavy atom. The molecule has 1 aliphatic heterocycles. The van der Waals surface area contributed by atoms with E-state index in [0.29, 0.717) is 13.2 Å². The zero-order chi connectivity index (χ0) is 18.5. The zero-order valence-corrected chi connectivity index (χ0v) is 16.6. The molecule has 2 aromatic rings. The van der Waals surface area contributed by atoms with Crippen molar-refractivity contribution < 1.29 is 4.74 Å². The van der Waals surface area contributed by atoms with Crippen LogP contribution in [-0.2, 0) is 13.5 Å². The molecule has 2 N–H and O–H groups in total. The third-order valence-corrected chi connectivity index (χ3v) is 5.41. The Hall–Kier alpha value is -1.77. The van der Waals surface area contributed by atoms with Crippen molar-refractivity contribution in [1.29, 1.82) is 0 Å². The van der Waals surface area contributed by atoms with Crippen molar-refractivity contribution in [1.82, 2.24) is 19.7 Å². The lowest BCUT2D eigenvalue weighted by atomic mass is 10.1. The highest BCUT2D eigenvalue weighted by Crippen LogP contribution is 2.34. The number of hydrogen-bond donors (Lipinski definition) is 1. The van der Waals surface area contributed by atoms with Crippen molar-refractivity contribution in [2.45, 2.75) is 23.4 Å². The van der Waals surface area contributed by atoms with Crippen LogP contribution < -0.4 is 15.4 Å². The number of aromatic nitrogens is 3. The van der Waals surface area contributed by atoms with E-state index in [1.165, 1.54) is 23.0 Å². The van der Waals surface area contributed by atoms with Crippen LogP contribution in [0.3, 0.4) is 0 Å². The Bertz CT molecular complexity index is 726. The summed E-state index contributed by atoms with van der Waals surface area (Å²) in [6.45, 7) is 7.45. The maximum absolute atomic E-state index is 5.70. The molecular formula is C18H28N6OS. The van der Waals surface area contributed by atoms with Gasteiger partial charge in [-0.3, -0.25) is 4.68 Å². The number of ether oxygens (including phenoxy) is 1. The van der Waals surface area contributed by atoms with E-state index in [2.05, 4.69) is 39.9 Å². The maximum Gasteiger partial charge on any atom is 0.171 e. The number of piperazine rings is 1. The number of aryl methyl sites for hydroxylation is 2. The van der Waals surface area contributed by atoms with Crippen LogP contribution in [-0.4, -0.2) is 66.0 Å². The molecule has 3 rings (SSSR count). The van der Waals surface area contributed by atoms with Crippen LogP contribution in [0.1, 0.15) is 12.5 Å². The summed E-state index contributed by atoms with van der Waals surface area (Å²) in [5, 5.41) is 6.26. The van der Waals surface area contributed by atoms with Crippen LogP contribution in [0, 0.1) is 0 Å². The topological polar surface area (TPSA) is 72.4 Å². The van der Waals surface area contributed by atoms with Gasteiger partial charge < -0.3 is 20.3 Å². The predicted octanol–water partition coefficient (Wildman–Crippen LogP) is 1.62. The highest BCUT2D eigenvalue weighted by Gasteiger charge is 2.18. The molecule has 2 aromatic heterocycles. The molecule has 0 aromatic carbocycles. The number of rotatable bonds is 7. The van der Waals surface area contributed by atoms with Gasteiger partial charge in [-0.1, -0.05) is 6.92 Å². The molecule has 142 valence electrons. The molecule has 0 amide bonds. The van der Waals surface area contributed by atoms with Crippen molar-refractivity contribution in [3.05, 3.63) is 24.0 Å². The number of nitrogens with two attached hydrogens (primary N) is 1. The lowest BCUT2D eigenvalue weighted by Gasteiger charge is -2.35. The minimum absolute atomic E-state index is 0.481. The van der Waals surface area contributed by atoms with Crippen molar-refractivity contribution in [3.8, 4) is 5.75 Å². The number of nitrogens with zero attached hydrogens (tertiary/aromatic N) is 5. The monoisotopic (exact) mass is 376 g/mol. The summed E-state index contributed by atoms with van der Waals surface area (Å²) in [4.78, 5) is 9.49. The van der Waals surface area contributed by atoms with Crippen LogP contribution >= 0.6 is 11.8 Å². The van der Waals surface area contributed by atoms with Crippen molar-refractivity contribution in [3.63, 3.8) is 0 Å². The van der Waals surface area contributed by atoms with Gasteiger partial charge >= 0.3 is 0 Å². The first-order valence-corrected chi connectivity index (χ1v) is 9.89. The number of anilines is 1. The standard InChI is InChI=1S/C18H28N6OS/c1-4-14-11-17(20-12-15(14)24-8-6-22(2)7-9-24)26-18-16(25-10-5-19)13-23(3)21-18/h11-13H,4-10,19H2,1-3H3. The second-order valence-electron chi connectivity index (χ2n) is 6.51. The van der Waals surface area contributed by atoms with E-state index >= 15 is 0 Å². The van der Waals surface area contributed by atoms with Crippen LogP contribution in [0.25, 0.3) is 0 Å². The summed E-state index contributed by atoms with van der Waals surface area (Å²) in [6, 6.07) is 2.18. The summed E-state index contributed by atoms with van der Waals surface area (Å²) >= 11 is 1.54.